The Balaban J connectivity index is 2.15. The van der Waals surface area contributed by atoms with Gasteiger partial charge in [0, 0.05) is 4.88 Å². The van der Waals surface area contributed by atoms with Gasteiger partial charge in [-0.3, -0.25) is 4.79 Å². The van der Waals surface area contributed by atoms with Gasteiger partial charge < -0.3 is 14.8 Å². The van der Waals surface area contributed by atoms with Gasteiger partial charge in [-0.2, -0.15) is 0 Å². The second kappa shape index (κ2) is 7.04. The third-order valence-corrected chi connectivity index (χ3v) is 3.99. The lowest BCUT2D eigenvalue weighted by atomic mass is 10.1. The van der Waals surface area contributed by atoms with Gasteiger partial charge in [-0.25, -0.2) is 9.78 Å². The summed E-state index contributed by atoms with van der Waals surface area (Å²) in [6.07, 6.45) is 3.94. The molecular weight excluding hydrogens is 304 g/mol. The largest absolute Gasteiger partial charge is 0.480 e. The highest BCUT2D eigenvalue weighted by Gasteiger charge is 2.23. The summed E-state index contributed by atoms with van der Waals surface area (Å²) in [6.45, 7) is 5.31. The molecule has 0 aliphatic heterocycles. The van der Waals surface area contributed by atoms with Crippen LogP contribution in [0.25, 0.3) is 10.8 Å². The molecule has 0 bridgehead atoms. The van der Waals surface area contributed by atoms with Gasteiger partial charge in [0.05, 0.1) is 6.26 Å². The van der Waals surface area contributed by atoms with Crippen LogP contribution in [0.3, 0.4) is 0 Å². The molecule has 0 aromatic carbocycles. The number of aromatic nitrogens is 1. The van der Waals surface area contributed by atoms with Crippen molar-refractivity contribution >= 4 is 23.2 Å². The number of rotatable bonds is 7. The minimum atomic E-state index is -1.07. The van der Waals surface area contributed by atoms with E-state index in [4.69, 9.17) is 9.52 Å². The zero-order chi connectivity index (χ0) is 16.1. The Hall–Kier alpha value is -2.41. The lowest BCUT2D eigenvalue weighted by molar-refractivity contribution is -0.139. The van der Waals surface area contributed by atoms with E-state index in [-0.39, 0.29) is 5.69 Å². The third kappa shape index (κ3) is 3.62. The van der Waals surface area contributed by atoms with Crippen LogP contribution in [-0.2, 0) is 4.79 Å². The predicted octanol–water partition coefficient (Wildman–Crippen LogP) is 2.86. The zero-order valence-corrected chi connectivity index (χ0v) is 12.9. The predicted molar refractivity (Wildman–Crippen MR) is 82.9 cm³/mol. The molecular formula is C15H16N2O4S. The molecule has 1 amide bonds. The number of carbonyl (C=O) groups is 2. The van der Waals surface area contributed by atoms with E-state index in [0.29, 0.717) is 28.5 Å². The number of hydrogen-bond donors (Lipinski definition) is 2. The summed E-state index contributed by atoms with van der Waals surface area (Å²) in [4.78, 5) is 28.4. The Morgan fingerprint density at radius 2 is 2.36 bits per heavy atom. The molecule has 2 heterocycles. The van der Waals surface area contributed by atoms with Crippen molar-refractivity contribution in [1.82, 2.24) is 10.3 Å². The molecule has 0 radical (unpaired) electrons. The van der Waals surface area contributed by atoms with Crippen LogP contribution in [0.1, 0.15) is 28.2 Å². The van der Waals surface area contributed by atoms with Crippen molar-refractivity contribution < 1.29 is 19.1 Å². The van der Waals surface area contributed by atoms with Crippen molar-refractivity contribution in [2.24, 2.45) is 0 Å². The SMILES string of the molecule is C=CCCC(NC(=O)c1nc(-c2ccco2)sc1C)C(=O)O. The highest BCUT2D eigenvalue weighted by atomic mass is 32.1. The van der Waals surface area contributed by atoms with Gasteiger partial charge in [0.25, 0.3) is 5.91 Å². The van der Waals surface area contributed by atoms with Gasteiger partial charge in [0.2, 0.25) is 0 Å². The Labute approximate surface area is 131 Å². The van der Waals surface area contributed by atoms with Gasteiger partial charge in [-0.15, -0.1) is 17.9 Å². The number of thiazole rings is 1. The fourth-order valence-corrected chi connectivity index (χ4v) is 2.76. The van der Waals surface area contributed by atoms with Gasteiger partial charge >= 0.3 is 5.97 Å². The number of carbonyl (C=O) groups excluding carboxylic acids is 1. The van der Waals surface area contributed by atoms with Gasteiger partial charge in [-0.1, -0.05) is 6.08 Å². The summed E-state index contributed by atoms with van der Waals surface area (Å²) in [7, 11) is 0. The van der Waals surface area contributed by atoms with Crippen molar-refractivity contribution in [3.05, 3.63) is 41.6 Å². The van der Waals surface area contributed by atoms with Crippen LogP contribution < -0.4 is 5.32 Å². The Morgan fingerprint density at radius 3 is 2.95 bits per heavy atom. The number of amides is 1. The molecule has 2 aromatic rings. The monoisotopic (exact) mass is 320 g/mol. The minimum absolute atomic E-state index is 0.223. The van der Waals surface area contributed by atoms with Crippen molar-refractivity contribution in [2.75, 3.05) is 0 Å². The molecule has 7 heteroatoms. The van der Waals surface area contributed by atoms with E-state index in [2.05, 4.69) is 16.9 Å². The minimum Gasteiger partial charge on any atom is -0.480 e. The zero-order valence-electron chi connectivity index (χ0n) is 12.0. The summed E-state index contributed by atoms with van der Waals surface area (Å²) in [5.41, 5.74) is 0.223. The van der Waals surface area contributed by atoms with E-state index < -0.39 is 17.9 Å². The summed E-state index contributed by atoms with van der Waals surface area (Å²) in [6, 6.07) is 2.53. The van der Waals surface area contributed by atoms with Crippen LogP contribution in [0.5, 0.6) is 0 Å². The first-order valence-electron chi connectivity index (χ1n) is 6.68. The van der Waals surface area contributed by atoms with E-state index >= 15 is 0 Å². The van der Waals surface area contributed by atoms with Crippen molar-refractivity contribution in [1.29, 1.82) is 0 Å². The summed E-state index contributed by atoms with van der Waals surface area (Å²) in [5.74, 6) is -0.994. The van der Waals surface area contributed by atoms with E-state index in [0.717, 1.165) is 0 Å². The summed E-state index contributed by atoms with van der Waals surface area (Å²) < 4.78 is 5.25. The number of carboxylic acid groups (broad SMARTS) is 1. The maximum atomic E-state index is 12.2. The number of aliphatic carboxylic acids is 1. The Morgan fingerprint density at radius 1 is 1.59 bits per heavy atom. The van der Waals surface area contributed by atoms with Crippen LogP contribution in [0.2, 0.25) is 0 Å². The van der Waals surface area contributed by atoms with Crippen LogP contribution in [0.15, 0.2) is 35.5 Å². The number of furan rings is 1. The first kappa shape index (κ1) is 16.0. The molecule has 0 aliphatic rings. The van der Waals surface area contributed by atoms with Crippen molar-refractivity contribution in [3.63, 3.8) is 0 Å². The van der Waals surface area contributed by atoms with Crippen LogP contribution in [0, 0.1) is 6.92 Å². The topological polar surface area (TPSA) is 92.4 Å². The van der Waals surface area contributed by atoms with Gasteiger partial charge in [-0.05, 0) is 31.9 Å². The fourth-order valence-electron chi connectivity index (χ4n) is 1.88. The molecule has 0 saturated heterocycles. The smallest absolute Gasteiger partial charge is 0.326 e. The number of nitrogens with one attached hydrogen (secondary N) is 1. The number of aryl methyl sites for hydroxylation is 1. The molecule has 0 spiro atoms. The highest BCUT2D eigenvalue weighted by molar-refractivity contribution is 7.15. The molecule has 2 aromatic heterocycles. The van der Waals surface area contributed by atoms with Crippen LogP contribution in [0.4, 0.5) is 0 Å². The maximum absolute atomic E-state index is 12.2. The molecule has 6 nitrogen and oxygen atoms in total. The lowest BCUT2D eigenvalue weighted by Crippen LogP contribution is -2.41. The number of allylic oxidation sites excluding steroid dienone is 1. The first-order valence-corrected chi connectivity index (χ1v) is 7.50. The third-order valence-electron chi connectivity index (χ3n) is 3.01. The molecule has 116 valence electrons. The summed E-state index contributed by atoms with van der Waals surface area (Å²) >= 11 is 1.32. The number of nitrogens with zero attached hydrogens (tertiary/aromatic N) is 1. The quantitative estimate of drug-likeness (QED) is 0.765. The van der Waals surface area contributed by atoms with Gasteiger partial charge in [0.1, 0.15) is 11.7 Å². The molecule has 0 fully saturated rings. The normalized spacial score (nSPS) is 11.9. The molecule has 0 saturated carbocycles. The standard InChI is InChI=1S/C15H16N2O4S/c1-3-4-6-10(15(19)20)16-13(18)12-9(2)22-14(17-12)11-7-5-8-21-11/h3,5,7-8,10H,1,4,6H2,2H3,(H,16,18)(H,19,20). The van der Waals surface area contributed by atoms with Crippen LogP contribution >= 0.6 is 11.3 Å². The second-order valence-electron chi connectivity index (χ2n) is 4.63. The maximum Gasteiger partial charge on any atom is 0.326 e. The molecule has 2 N–H and O–H groups in total. The molecule has 1 atom stereocenters. The van der Waals surface area contributed by atoms with E-state index in [1.165, 1.54) is 17.6 Å². The Kier molecular flexibility index (Phi) is 5.11. The lowest BCUT2D eigenvalue weighted by Gasteiger charge is -2.12. The fraction of sp³-hybridized carbons (Fsp3) is 0.267. The number of hydrogen-bond acceptors (Lipinski definition) is 5. The average Bonchev–Trinajstić information content (AvgIpc) is 3.11. The molecule has 2 rings (SSSR count). The molecule has 22 heavy (non-hydrogen) atoms. The van der Waals surface area contributed by atoms with Crippen molar-refractivity contribution in [3.8, 4) is 10.8 Å². The van der Waals surface area contributed by atoms with E-state index in [1.54, 1.807) is 25.1 Å². The van der Waals surface area contributed by atoms with E-state index in [9.17, 15) is 9.59 Å². The van der Waals surface area contributed by atoms with Crippen molar-refractivity contribution in [2.45, 2.75) is 25.8 Å². The second-order valence-corrected chi connectivity index (χ2v) is 5.83. The highest BCUT2D eigenvalue weighted by Crippen LogP contribution is 2.27. The van der Waals surface area contributed by atoms with Crippen LogP contribution in [-0.4, -0.2) is 28.0 Å². The molecule has 1 unspecified atom stereocenters. The summed E-state index contributed by atoms with van der Waals surface area (Å²) in [5, 5.41) is 12.2. The first-order chi connectivity index (χ1) is 10.5. The molecule has 0 aliphatic carbocycles. The van der Waals surface area contributed by atoms with E-state index in [1.807, 2.05) is 0 Å². The number of carboxylic acids is 1. The van der Waals surface area contributed by atoms with Gasteiger partial charge in [0.15, 0.2) is 10.8 Å². The average molecular weight is 320 g/mol. The Bertz CT molecular complexity index is 676.